The highest BCUT2D eigenvalue weighted by molar-refractivity contribution is 8.00. The third-order valence-corrected chi connectivity index (χ3v) is 7.15. The zero-order valence-corrected chi connectivity index (χ0v) is 18.5. The summed E-state index contributed by atoms with van der Waals surface area (Å²) in [6, 6.07) is 9.37. The lowest BCUT2D eigenvalue weighted by atomic mass is 10.1. The second kappa shape index (κ2) is 8.62. The first-order chi connectivity index (χ1) is 14.0. The van der Waals surface area contributed by atoms with Crippen molar-refractivity contribution >= 4 is 57.1 Å². The average Bonchev–Trinajstić information content (AvgIpc) is 3.43. The zero-order chi connectivity index (χ0) is 20.4. The number of nitrogens with zero attached hydrogens (tertiary/aromatic N) is 4. The molecule has 1 amide bonds. The van der Waals surface area contributed by atoms with E-state index in [1.807, 2.05) is 25.1 Å². The molecule has 0 radical (unpaired) electrons. The van der Waals surface area contributed by atoms with Crippen LogP contribution in [0.1, 0.15) is 26.7 Å². The molecule has 11 heteroatoms. The fourth-order valence-electron chi connectivity index (χ4n) is 2.34. The van der Waals surface area contributed by atoms with E-state index in [0.29, 0.717) is 36.2 Å². The molecule has 0 fully saturated rings. The molecule has 0 aliphatic rings. The molecule has 1 N–H and O–H groups in total. The van der Waals surface area contributed by atoms with Crippen molar-refractivity contribution < 1.29 is 9.21 Å². The summed E-state index contributed by atoms with van der Waals surface area (Å²) in [6.45, 7) is 4.11. The molecule has 148 valence electrons. The highest BCUT2D eigenvalue weighted by Gasteiger charge is 2.14. The summed E-state index contributed by atoms with van der Waals surface area (Å²) in [6.07, 6.45) is 0. The Hall–Kier alpha value is -2.27. The van der Waals surface area contributed by atoms with E-state index in [-0.39, 0.29) is 5.91 Å². The number of nitrogens with one attached hydrogen (secondary N) is 1. The molecule has 0 aliphatic carbocycles. The topological polar surface area (TPSA) is 93.8 Å². The number of aryl methyl sites for hydroxylation is 2. The van der Waals surface area contributed by atoms with Crippen LogP contribution in [0.5, 0.6) is 0 Å². The molecule has 1 aromatic carbocycles. The molecular weight excluding hydrogens is 450 g/mol. The van der Waals surface area contributed by atoms with Crippen LogP contribution >= 0.6 is 46.0 Å². The number of thioether (sulfide) groups is 1. The Balaban J connectivity index is 1.36. The van der Waals surface area contributed by atoms with Gasteiger partial charge < -0.3 is 4.42 Å². The fourth-order valence-corrected chi connectivity index (χ4v) is 4.86. The molecule has 0 unspecified atom stereocenters. The number of anilines is 1. The molecule has 0 aliphatic heterocycles. The van der Waals surface area contributed by atoms with Crippen molar-refractivity contribution in [3.05, 3.63) is 56.6 Å². The van der Waals surface area contributed by atoms with Crippen molar-refractivity contribution in [1.29, 1.82) is 0 Å². The van der Waals surface area contributed by atoms with Gasteiger partial charge in [0, 0.05) is 5.56 Å². The lowest BCUT2D eigenvalue weighted by Crippen LogP contribution is -2.09. The Morgan fingerprint density at radius 1 is 1.10 bits per heavy atom. The number of rotatable bonds is 6. The molecular formula is C18H14ClN5O2S3. The third kappa shape index (κ3) is 4.84. The van der Waals surface area contributed by atoms with Crippen molar-refractivity contribution in [2.45, 2.75) is 23.9 Å². The minimum Gasteiger partial charge on any atom is -0.420 e. The second-order valence-corrected chi connectivity index (χ2v) is 9.93. The van der Waals surface area contributed by atoms with Gasteiger partial charge in [0.2, 0.25) is 16.9 Å². The van der Waals surface area contributed by atoms with Crippen molar-refractivity contribution in [3.8, 4) is 11.5 Å². The first kappa shape index (κ1) is 20.0. The highest BCUT2D eigenvalue weighted by atomic mass is 35.5. The van der Waals surface area contributed by atoms with Crippen LogP contribution in [0, 0.1) is 13.8 Å². The van der Waals surface area contributed by atoms with Gasteiger partial charge in [0.1, 0.15) is 0 Å². The number of hydrogen-bond acceptors (Lipinski definition) is 9. The fraction of sp³-hybridized carbons (Fsp3) is 0.167. The highest BCUT2D eigenvalue weighted by Crippen LogP contribution is 2.30. The van der Waals surface area contributed by atoms with E-state index in [2.05, 4.69) is 32.6 Å². The van der Waals surface area contributed by atoms with E-state index < -0.39 is 0 Å². The summed E-state index contributed by atoms with van der Waals surface area (Å²) in [5, 5.41) is 19.4. The van der Waals surface area contributed by atoms with E-state index >= 15 is 0 Å². The normalized spacial score (nSPS) is 11.0. The summed E-state index contributed by atoms with van der Waals surface area (Å²) in [5.74, 6) is 1.19. The maximum absolute atomic E-state index is 12.1. The molecule has 0 spiro atoms. The van der Waals surface area contributed by atoms with Crippen molar-refractivity contribution in [3.63, 3.8) is 0 Å². The first-order valence-corrected chi connectivity index (χ1v) is 11.4. The summed E-state index contributed by atoms with van der Waals surface area (Å²) >= 11 is 9.76. The molecule has 0 atom stereocenters. The number of amides is 1. The lowest BCUT2D eigenvalue weighted by Gasteiger charge is -2.00. The van der Waals surface area contributed by atoms with Gasteiger partial charge in [0.15, 0.2) is 4.34 Å². The van der Waals surface area contributed by atoms with Crippen molar-refractivity contribution in [1.82, 2.24) is 20.4 Å². The van der Waals surface area contributed by atoms with E-state index in [9.17, 15) is 4.79 Å². The molecule has 4 rings (SSSR count). The Bertz CT molecular complexity index is 1170. The summed E-state index contributed by atoms with van der Waals surface area (Å²) in [5.41, 5.74) is 3.28. The summed E-state index contributed by atoms with van der Waals surface area (Å²) in [4.78, 5) is 12.7. The standard InChI is InChI=1S/C18H14ClN5O2S3/c1-9-3-4-11(7-10(9)2)16-22-21-14(26-16)8-27-18-24-23-17(29-18)20-15(25)12-5-6-13(19)28-12/h3-7H,8H2,1-2H3,(H,20,23,25). The maximum Gasteiger partial charge on any atom is 0.267 e. The van der Waals surface area contributed by atoms with Crippen LogP contribution < -0.4 is 5.32 Å². The van der Waals surface area contributed by atoms with Gasteiger partial charge >= 0.3 is 0 Å². The van der Waals surface area contributed by atoms with Gasteiger partial charge in [-0.15, -0.1) is 31.7 Å². The number of benzene rings is 1. The third-order valence-electron chi connectivity index (χ3n) is 3.96. The van der Waals surface area contributed by atoms with Gasteiger partial charge in [0.05, 0.1) is 15.0 Å². The van der Waals surface area contributed by atoms with Gasteiger partial charge in [-0.3, -0.25) is 10.1 Å². The molecule has 7 nitrogen and oxygen atoms in total. The van der Waals surface area contributed by atoms with Crippen molar-refractivity contribution in [2.75, 3.05) is 5.32 Å². The number of carbonyl (C=O) groups excluding carboxylic acids is 1. The lowest BCUT2D eigenvalue weighted by molar-refractivity contribution is 0.103. The van der Waals surface area contributed by atoms with Gasteiger partial charge in [-0.2, -0.15) is 0 Å². The molecule has 4 aromatic rings. The predicted molar refractivity (Wildman–Crippen MR) is 116 cm³/mol. The minimum atomic E-state index is -0.260. The summed E-state index contributed by atoms with van der Waals surface area (Å²) < 4.78 is 7.00. The molecule has 3 aromatic heterocycles. The van der Waals surface area contributed by atoms with E-state index in [0.717, 1.165) is 5.56 Å². The van der Waals surface area contributed by atoms with Gasteiger partial charge in [-0.25, -0.2) is 0 Å². The van der Waals surface area contributed by atoms with Crippen LogP contribution in [0.4, 0.5) is 5.13 Å². The van der Waals surface area contributed by atoms with Crippen LogP contribution in [-0.4, -0.2) is 26.3 Å². The molecule has 0 saturated carbocycles. The summed E-state index contributed by atoms with van der Waals surface area (Å²) in [7, 11) is 0. The molecule has 3 heterocycles. The van der Waals surface area contributed by atoms with Crippen LogP contribution in [0.3, 0.4) is 0 Å². The number of thiophene rings is 1. The second-order valence-electron chi connectivity index (χ2n) is 6.02. The van der Waals surface area contributed by atoms with Crippen LogP contribution in [0.15, 0.2) is 39.1 Å². The molecule has 0 bridgehead atoms. The van der Waals surface area contributed by atoms with E-state index in [4.69, 9.17) is 16.0 Å². The van der Waals surface area contributed by atoms with Gasteiger partial charge in [0.25, 0.3) is 5.91 Å². The maximum atomic E-state index is 12.1. The Morgan fingerprint density at radius 2 is 1.97 bits per heavy atom. The Kier molecular flexibility index (Phi) is 5.95. The molecule has 29 heavy (non-hydrogen) atoms. The van der Waals surface area contributed by atoms with E-state index in [1.54, 1.807) is 12.1 Å². The number of hydrogen-bond donors (Lipinski definition) is 1. The quantitative estimate of drug-likeness (QED) is 0.299. The number of aromatic nitrogens is 4. The monoisotopic (exact) mass is 463 g/mol. The van der Waals surface area contributed by atoms with Crippen LogP contribution in [0.25, 0.3) is 11.5 Å². The van der Waals surface area contributed by atoms with Crippen LogP contribution in [0.2, 0.25) is 4.34 Å². The number of carbonyl (C=O) groups is 1. The largest absolute Gasteiger partial charge is 0.420 e. The first-order valence-electron chi connectivity index (χ1n) is 8.41. The Labute approximate surface area is 183 Å². The van der Waals surface area contributed by atoms with Gasteiger partial charge in [-0.05, 0) is 49.2 Å². The zero-order valence-electron chi connectivity index (χ0n) is 15.3. The Morgan fingerprint density at radius 3 is 2.72 bits per heavy atom. The van der Waals surface area contributed by atoms with Gasteiger partial charge in [-0.1, -0.05) is 40.8 Å². The average molecular weight is 464 g/mol. The van der Waals surface area contributed by atoms with E-state index in [1.165, 1.54) is 45.6 Å². The number of halogens is 1. The molecule has 0 saturated heterocycles. The smallest absolute Gasteiger partial charge is 0.267 e. The van der Waals surface area contributed by atoms with Crippen molar-refractivity contribution in [2.24, 2.45) is 0 Å². The minimum absolute atomic E-state index is 0.260. The predicted octanol–water partition coefficient (Wildman–Crippen LogP) is 5.46. The van der Waals surface area contributed by atoms with Crippen LogP contribution in [-0.2, 0) is 5.75 Å². The SMILES string of the molecule is Cc1ccc(-c2nnc(CSc3nnc(NC(=O)c4ccc(Cl)s4)s3)o2)cc1C.